The Kier molecular flexibility index (Phi) is 13.1. The Morgan fingerprint density at radius 1 is 0.967 bits per heavy atom. The Hall–Kier alpha value is -1.28. The number of hydrogen-bond donors (Lipinski definition) is 2. The first-order valence-electron chi connectivity index (χ1n) is 10.9. The highest BCUT2D eigenvalue weighted by Crippen LogP contribution is 2.31. The van der Waals surface area contributed by atoms with Gasteiger partial charge in [-0.2, -0.15) is 33.8 Å². The fourth-order valence-corrected chi connectivity index (χ4v) is 5.62. The average molecular weight is 459 g/mol. The molecule has 2 unspecified atom stereocenters. The van der Waals surface area contributed by atoms with Crippen LogP contribution in [0.25, 0.3) is 0 Å². The van der Waals surface area contributed by atoms with Gasteiger partial charge in [-0.3, -0.25) is 9.59 Å². The molecule has 0 spiro atoms. The van der Waals surface area contributed by atoms with Crippen LogP contribution in [0, 0.1) is 11.3 Å². The number of nitrogens with one attached hydrogen (secondary N) is 2. The lowest BCUT2D eigenvalue weighted by Gasteiger charge is -2.27. The van der Waals surface area contributed by atoms with Crippen molar-refractivity contribution in [1.82, 2.24) is 10.3 Å². The standard InChI is InChI=1S/C20H32N2O4S2.C2H6/c1-4-20(3,12-17-14-26-22-19(17)24)6-8-28-10-9-27-7-5-15(2)11-16-13-25-21-18(16)23;1-2/h13-15H,4-12H2,1-3H3,(H,21,23)(H,22,24);1-2H3. The number of thioether (sulfide) groups is 2. The minimum Gasteiger partial charge on any atom is -0.387 e. The highest BCUT2D eigenvalue weighted by atomic mass is 32.2. The molecule has 2 atom stereocenters. The maximum Gasteiger partial charge on any atom is 0.283 e. The molecule has 30 heavy (non-hydrogen) atoms. The van der Waals surface area contributed by atoms with E-state index in [9.17, 15) is 9.59 Å². The van der Waals surface area contributed by atoms with Crippen LogP contribution >= 0.6 is 23.5 Å². The molecule has 6 nitrogen and oxygen atoms in total. The van der Waals surface area contributed by atoms with Crippen LogP contribution in [0.3, 0.4) is 0 Å². The van der Waals surface area contributed by atoms with Gasteiger partial charge in [0.1, 0.15) is 12.5 Å². The first-order chi connectivity index (χ1) is 14.4. The number of aromatic nitrogens is 2. The second-order valence-electron chi connectivity index (χ2n) is 7.80. The second-order valence-corrected chi connectivity index (χ2v) is 10.2. The van der Waals surface area contributed by atoms with Crippen molar-refractivity contribution < 1.29 is 9.05 Å². The number of aromatic amines is 2. The van der Waals surface area contributed by atoms with Crippen LogP contribution in [0.1, 0.15) is 65.0 Å². The van der Waals surface area contributed by atoms with E-state index in [1.165, 1.54) is 6.26 Å². The maximum atomic E-state index is 11.7. The summed E-state index contributed by atoms with van der Waals surface area (Å²) in [5, 5.41) is 4.71. The fraction of sp³-hybridized carbons (Fsp3) is 0.727. The zero-order chi connectivity index (χ0) is 22.4. The normalized spacial score (nSPS) is 14.0. The molecule has 0 saturated carbocycles. The molecule has 0 aliphatic rings. The lowest BCUT2D eigenvalue weighted by atomic mass is 9.79. The van der Waals surface area contributed by atoms with E-state index in [2.05, 4.69) is 31.1 Å². The molecule has 2 aromatic rings. The molecule has 2 rings (SSSR count). The summed E-state index contributed by atoms with van der Waals surface area (Å²) in [6.07, 6.45) is 7.86. The smallest absolute Gasteiger partial charge is 0.283 e. The molecule has 2 aromatic heterocycles. The van der Waals surface area contributed by atoms with Crippen molar-refractivity contribution >= 4 is 23.5 Å². The molecule has 172 valence electrons. The molecule has 2 heterocycles. The van der Waals surface area contributed by atoms with Gasteiger partial charge in [-0.1, -0.05) is 41.0 Å². The number of hydrogen-bond acceptors (Lipinski definition) is 6. The molecule has 0 aliphatic carbocycles. The average Bonchev–Trinajstić information content (AvgIpc) is 3.33. The van der Waals surface area contributed by atoms with Crippen molar-refractivity contribution in [2.75, 3.05) is 23.0 Å². The van der Waals surface area contributed by atoms with Crippen molar-refractivity contribution in [1.29, 1.82) is 0 Å². The van der Waals surface area contributed by atoms with E-state index in [-0.39, 0.29) is 16.5 Å². The summed E-state index contributed by atoms with van der Waals surface area (Å²) in [6.45, 7) is 10.6. The van der Waals surface area contributed by atoms with Crippen molar-refractivity contribution in [2.45, 2.75) is 66.7 Å². The van der Waals surface area contributed by atoms with Crippen molar-refractivity contribution in [3.63, 3.8) is 0 Å². The minimum absolute atomic E-state index is 0.102. The van der Waals surface area contributed by atoms with Crippen LogP contribution in [-0.4, -0.2) is 33.3 Å². The van der Waals surface area contributed by atoms with Crippen molar-refractivity contribution in [2.24, 2.45) is 11.3 Å². The monoisotopic (exact) mass is 458 g/mol. The first kappa shape index (κ1) is 26.8. The Morgan fingerprint density at radius 3 is 2.07 bits per heavy atom. The van der Waals surface area contributed by atoms with Gasteiger partial charge < -0.3 is 9.05 Å². The molecule has 0 amide bonds. The van der Waals surface area contributed by atoms with Crippen molar-refractivity contribution in [3.05, 3.63) is 44.4 Å². The van der Waals surface area contributed by atoms with Crippen LogP contribution in [-0.2, 0) is 12.8 Å². The zero-order valence-electron chi connectivity index (χ0n) is 19.0. The molecule has 0 aliphatic heterocycles. The van der Waals surface area contributed by atoms with Crippen LogP contribution in [0.4, 0.5) is 0 Å². The van der Waals surface area contributed by atoms with Crippen LogP contribution in [0.15, 0.2) is 31.2 Å². The van der Waals surface area contributed by atoms with E-state index in [0.717, 1.165) is 66.2 Å². The van der Waals surface area contributed by atoms with Crippen LogP contribution in [0.5, 0.6) is 0 Å². The lowest BCUT2D eigenvalue weighted by Crippen LogP contribution is -2.22. The molecule has 0 bridgehead atoms. The topological polar surface area (TPSA) is 92.0 Å². The first-order valence-corrected chi connectivity index (χ1v) is 13.2. The van der Waals surface area contributed by atoms with Gasteiger partial charge in [0.25, 0.3) is 11.1 Å². The molecule has 0 saturated heterocycles. The summed E-state index contributed by atoms with van der Waals surface area (Å²) >= 11 is 3.97. The Balaban J connectivity index is 0.00000218. The predicted octanol–water partition coefficient (Wildman–Crippen LogP) is 5.36. The van der Waals surface area contributed by atoms with Gasteiger partial charge in [0.2, 0.25) is 0 Å². The van der Waals surface area contributed by atoms with Gasteiger partial charge in [0.15, 0.2) is 0 Å². The predicted molar refractivity (Wildman–Crippen MR) is 129 cm³/mol. The van der Waals surface area contributed by atoms with Gasteiger partial charge in [0.05, 0.1) is 11.1 Å². The molecule has 0 aromatic carbocycles. The van der Waals surface area contributed by atoms with Gasteiger partial charge in [-0.15, -0.1) is 0 Å². The molecular weight excluding hydrogens is 420 g/mol. The molecular formula is C22H38N2O4S2. The third kappa shape index (κ3) is 9.69. The Morgan fingerprint density at radius 2 is 1.53 bits per heavy atom. The van der Waals surface area contributed by atoms with Gasteiger partial charge >= 0.3 is 0 Å². The lowest BCUT2D eigenvalue weighted by molar-refractivity contribution is 0.297. The zero-order valence-corrected chi connectivity index (χ0v) is 20.7. The van der Waals surface area contributed by atoms with E-state index in [0.29, 0.717) is 5.92 Å². The fourth-order valence-electron chi connectivity index (χ4n) is 3.06. The highest BCUT2D eigenvalue weighted by molar-refractivity contribution is 8.02. The number of H-pyrrole nitrogens is 2. The largest absolute Gasteiger partial charge is 0.387 e. The third-order valence-corrected chi connectivity index (χ3v) is 7.57. The Labute approximate surface area is 188 Å². The summed E-state index contributed by atoms with van der Waals surface area (Å²) in [5.41, 5.74) is 1.42. The summed E-state index contributed by atoms with van der Waals surface area (Å²) < 4.78 is 9.73. The minimum atomic E-state index is -0.104. The summed E-state index contributed by atoms with van der Waals surface area (Å²) in [7, 11) is 0. The summed E-state index contributed by atoms with van der Waals surface area (Å²) in [5.74, 6) is 5.00. The SMILES string of the molecule is CC.CCC(C)(CCSCCSCCC(C)Cc1co[nH]c1=O)Cc1co[nH]c1=O. The summed E-state index contributed by atoms with van der Waals surface area (Å²) in [4.78, 5) is 23.1. The van der Waals surface area contributed by atoms with Crippen LogP contribution < -0.4 is 11.1 Å². The van der Waals surface area contributed by atoms with Gasteiger partial charge in [-0.25, -0.2) is 0 Å². The van der Waals surface area contributed by atoms with Gasteiger partial charge in [-0.05, 0) is 48.5 Å². The maximum absolute atomic E-state index is 11.7. The number of rotatable bonds is 14. The van der Waals surface area contributed by atoms with E-state index >= 15 is 0 Å². The second kappa shape index (κ2) is 14.7. The Bertz CT molecular complexity index is 795. The van der Waals surface area contributed by atoms with Crippen molar-refractivity contribution in [3.8, 4) is 0 Å². The van der Waals surface area contributed by atoms with E-state index in [1.54, 1.807) is 6.26 Å². The van der Waals surface area contributed by atoms with Crippen LogP contribution in [0.2, 0.25) is 0 Å². The van der Waals surface area contributed by atoms with Gasteiger partial charge in [0, 0.05) is 11.5 Å². The summed E-state index contributed by atoms with van der Waals surface area (Å²) in [6, 6.07) is 0. The quantitative estimate of drug-likeness (QED) is 0.370. The van der Waals surface area contributed by atoms with E-state index in [4.69, 9.17) is 9.05 Å². The molecule has 0 radical (unpaired) electrons. The molecule has 2 N–H and O–H groups in total. The molecule has 8 heteroatoms. The molecule has 0 fully saturated rings. The van der Waals surface area contributed by atoms with E-state index in [1.807, 2.05) is 37.4 Å². The highest BCUT2D eigenvalue weighted by Gasteiger charge is 2.24. The third-order valence-electron chi connectivity index (χ3n) is 5.31. The van der Waals surface area contributed by atoms with E-state index < -0.39 is 0 Å².